The third-order valence-electron chi connectivity index (χ3n) is 11.1. The highest BCUT2D eigenvalue weighted by Crippen LogP contribution is 2.18. The Morgan fingerprint density at radius 1 is 0.742 bits per heavy atom. The topological polar surface area (TPSA) is 306 Å². The summed E-state index contributed by atoms with van der Waals surface area (Å²) in [6, 6.07) is 12.4. The number of rotatable bonds is 17. The van der Waals surface area contributed by atoms with E-state index in [0.29, 0.717) is 29.5 Å². The summed E-state index contributed by atoms with van der Waals surface area (Å²) in [5, 5.41) is 36.2. The highest BCUT2D eigenvalue weighted by Gasteiger charge is 2.39. The summed E-state index contributed by atoms with van der Waals surface area (Å²) in [5.41, 5.74) is 12.8. The molecule has 3 aromatic carbocycles. The molecule has 1 saturated heterocycles. The van der Waals surface area contributed by atoms with Gasteiger partial charge in [0.05, 0.1) is 0 Å². The van der Waals surface area contributed by atoms with Crippen molar-refractivity contribution in [3.8, 4) is 11.5 Å². The molecule has 0 aromatic heterocycles. The van der Waals surface area contributed by atoms with E-state index in [2.05, 4.69) is 36.9 Å². The van der Waals surface area contributed by atoms with E-state index in [0.717, 1.165) is 0 Å². The zero-order valence-corrected chi connectivity index (χ0v) is 37.8. The van der Waals surface area contributed by atoms with Crippen molar-refractivity contribution in [3.05, 3.63) is 95.6 Å². The number of nitrogens with zero attached hydrogens (tertiary/aromatic N) is 1. The number of aromatic hydroxyl groups is 2. The van der Waals surface area contributed by atoms with Gasteiger partial charge in [0, 0.05) is 32.2 Å². The Balaban J connectivity index is 1.83. The third kappa shape index (κ3) is 16.1. The first kappa shape index (κ1) is 51.5. The molecule has 19 nitrogen and oxygen atoms in total. The Morgan fingerprint density at radius 3 is 1.82 bits per heavy atom. The molecular formula is C47H63N9O10. The number of amides is 6. The molecule has 19 heteroatoms. The number of hydrogen-bond acceptors (Lipinski definition) is 11. The lowest BCUT2D eigenvalue weighted by Gasteiger charge is -2.32. The summed E-state index contributed by atoms with van der Waals surface area (Å²) in [6.45, 7) is 6.76. The van der Waals surface area contributed by atoms with Gasteiger partial charge >= 0.3 is 5.97 Å². The molecule has 1 aliphatic heterocycles. The maximum atomic E-state index is 14.6. The van der Waals surface area contributed by atoms with Crippen LogP contribution >= 0.6 is 0 Å². The van der Waals surface area contributed by atoms with Crippen molar-refractivity contribution in [1.82, 2.24) is 31.9 Å². The molecule has 6 amide bonds. The van der Waals surface area contributed by atoms with Gasteiger partial charge in [-0.25, -0.2) is 4.79 Å². The Bertz CT molecular complexity index is 2150. The van der Waals surface area contributed by atoms with Crippen molar-refractivity contribution in [2.75, 3.05) is 6.54 Å². The van der Waals surface area contributed by atoms with Gasteiger partial charge in [-0.15, -0.1) is 0 Å². The molecule has 0 bridgehead atoms. The molecule has 0 saturated carbocycles. The van der Waals surface area contributed by atoms with E-state index in [1.807, 2.05) is 6.92 Å². The van der Waals surface area contributed by atoms with Crippen molar-refractivity contribution in [1.29, 1.82) is 0 Å². The van der Waals surface area contributed by atoms with Gasteiger partial charge in [-0.2, -0.15) is 0 Å². The second-order valence-electron chi connectivity index (χ2n) is 16.4. The van der Waals surface area contributed by atoms with Crippen LogP contribution in [0.4, 0.5) is 0 Å². The smallest absolute Gasteiger partial charge is 0.329 e. The monoisotopic (exact) mass is 913 g/mol. The van der Waals surface area contributed by atoms with Crippen molar-refractivity contribution < 1.29 is 48.5 Å². The molecule has 1 heterocycles. The van der Waals surface area contributed by atoms with E-state index >= 15 is 0 Å². The minimum Gasteiger partial charge on any atom is -0.508 e. The van der Waals surface area contributed by atoms with Gasteiger partial charge in [-0.3, -0.25) is 33.8 Å². The van der Waals surface area contributed by atoms with Crippen LogP contribution in [-0.2, 0) is 57.6 Å². The highest BCUT2D eigenvalue weighted by molar-refractivity contribution is 5.97. The molecule has 1 fully saturated rings. The Morgan fingerprint density at radius 2 is 1.27 bits per heavy atom. The zero-order chi connectivity index (χ0) is 48.3. The van der Waals surface area contributed by atoms with Gasteiger partial charge in [-0.05, 0) is 73.1 Å². The Hall–Kier alpha value is -7.18. The number of guanidine groups is 1. The number of carbonyl (C=O) groups is 7. The van der Waals surface area contributed by atoms with Gasteiger partial charge < -0.3 is 58.3 Å². The summed E-state index contributed by atoms with van der Waals surface area (Å²) in [4.78, 5) is 103. The largest absolute Gasteiger partial charge is 0.508 e. The van der Waals surface area contributed by atoms with E-state index in [-0.39, 0.29) is 62.5 Å². The Labute approximate surface area is 384 Å². The standard InChI is InChI=1S/C47H63N9O10/c1-5-11-38(59)51-35(24-29-12-8-7-9-13-29)43(62)56-40-28(4)66-46(65)39(27(3)6-2)55-44(63)37(26-31-17-21-33(58)22-18-31)53-41(60)34(14-10-23-50-47(48)49)52-42(61)36(54-45(40)64)25-30-15-19-32(57)20-16-30/h7-9,12-13,15-22,27-28,34-37,39-40,57-58H,5-6,10-11,14,23-26H2,1-4H3,(H,51,59)(H,52,61)(H,53,60)(H,54,64)(H,55,63)(H,56,62)(H4,48,49,50). The van der Waals surface area contributed by atoms with Crippen LogP contribution in [-0.4, -0.2) is 106 Å². The maximum absolute atomic E-state index is 14.6. The number of hydrogen-bond donors (Lipinski definition) is 10. The summed E-state index contributed by atoms with van der Waals surface area (Å²) in [7, 11) is 0. The van der Waals surface area contributed by atoms with E-state index in [4.69, 9.17) is 16.2 Å². The van der Waals surface area contributed by atoms with Crippen molar-refractivity contribution in [2.45, 2.75) is 121 Å². The van der Waals surface area contributed by atoms with Gasteiger partial charge in [-0.1, -0.05) is 81.8 Å². The second-order valence-corrected chi connectivity index (χ2v) is 16.4. The number of aliphatic imine (C=N–C) groups is 1. The molecule has 66 heavy (non-hydrogen) atoms. The molecule has 1 aliphatic rings. The van der Waals surface area contributed by atoms with Crippen LogP contribution in [0.1, 0.15) is 76.5 Å². The first-order valence-corrected chi connectivity index (χ1v) is 22.1. The molecular weight excluding hydrogens is 851 g/mol. The average molecular weight is 914 g/mol. The van der Waals surface area contributed by atoms with E-state index in [9.17, 15) is 43.8 Å². The molecule has 0 aliphatic carbocycles. The third-order valence-corrected chi connectivity index (χ3v) is 11.1. The van der Waals surface area contributed by atoms with Gasteiger partial charge in [0.25, 0.3) is 0 Å². The fraction of sp³-hybridized carbons (Fsp3) is 0.447. The fourth-order valence-electron chi connectivity index (χ4n) is 7.18. The molecule has 12 N–H and O–H groups in total. The first-order valence-electron chi connectivity index (χ1n) is 22.1. The predicted molar refractivity (Wildman–Crippen MR) is 245 cm³/mol. The van der Waals surface area contributed by atoms with Crippen molar-refractivity contribution in [2.24, 2.45) is 22.4 Å². The van der Waals surface area contributed by atoms with Crippen LogP contribution in [0.15, 0.2) is 83.9 Å². The molecule has 0 spiro atoms. The average Bonchev–Trinajstić information content (AvgIpc) is 3.28. The number of nitrogens with two attached hydrogens (primary N) is 2. The molecule has 0 radical (unpaired) electrons. The van der Waals surface area contributed by atoms with Crippen LogP contribution in [0, 0.1) is 5.92 Å². The summed E-state index contributed by atoms with van der Waals surface area (Å²) in [6.07, 6.45) is -0.525. The first-order chi connectivity index (χ1) is 31.5. The van der Waals surface area contributed by atoms with E-state index in [1.165, 1.54) is 43.3 Å². The Kier molecular flexibility index (Phi) is 19.8. The minimum atomic E-state index is -1.68. The molecule has 8 unspecified atom stereocenters. The predicted octanol–water partition coefficient (Wildman–Crippen LogP) is 0.880. The van der Waals surface area contributed by atoms with Crippen molar-refractivity contribution >= 4 is 47.4 Å². The van der Waals surface area contributed by atoms with E-state index in [1.54, 1.807) is 56.3 Å². The summed E-state index contributed by atoms with van der Waals surface area (Å²) < 4.78 is 5.92. The number of phenols is 2. The lowest BCUT2D eigenvalue weighted by molar-refractivity contribution is -0.157. The number of phenolic OH excluding ortho intramolecular Hbond substituents is 2. The van der Waals surface area contributed by atoms with E-state index < -0.39 is 89.7 Å². The number of ether oxygens (including phenoxy) is 1. The van der Waals surface area contributed by atoms with Gasteiger partial charge in [0.15, 0.2) is 5.96 Å². The molecule has 3 aromatic rings. The molecule has 4 rings (SSSR count). The van der Waals surface area contributed by atoms with Crippen molar-refractivity contribution in [3.63, 3.8) is 0 Å². The quantitative estimate of drug-likeness (QED) is 0.0391. The SMILES string of the molecule is CCCC(=O)NC(Cc1ccccc1)C(=O)NC1C(=O)NC(Cc2ccc(O)cc2)C(=O)NC(CCCN=C(N)N)C(=O)NC(Cc2ccc(O)cc2)C(=O)NC(C(C)CC)C(=O)OC1C. The lowest BCUT2D eigenvalue weighted by atomic mass is 9.97. The van der Waals surface area contributed by atoms with Gasteiger partial charge in [0.2, 0.25) is 35.4 Å². The minimum absolute atomic E-state index is 0.0288. The van der Waals surface area contributed by atoms with Crippen LogP contribution < -0.4 is 43.4 Å². The van der Waals surface area contributed by atoms with Crippen LogP contribution in [0.3, 0.4) is 0 Å². The number of benzene rings is 3. The number of carbonyl (C=O) groups excluding carboxylic acids is 7. The fourth-order valence-corrected chi connectivity index (χ4v) is 7.18. The van der Waals surface area contributed by atoms with Gasteiger partial charge in [0.1, 0.15) is 53.9 Å². The van der Waals surface area contributed by atoms with Crippen LogP contribution in [0.25, 0.3) is 0 Å². The molecule has 8 atom stereocenters. The zero-order valence-electron chi connectivity index (χ0n) is 37.8. The summed E-state index contributed by atoms with van der Waals surface area (Å²) >= 11 is 0. The number of cyclic esters (lactones) is 1. The second kappa shape index (κ2) is 25.3. The normalized spacial score (nSPS) is 21.7. The molecule has 356 valence electrons. The maximum Gasteiger partial charge on any atom is 0.329 e. The lowest BCUT2D eigenvalue weighted by Crippen LogP contribution is -2.63. The number of esters is 1. The van der Waals surface area contributed by atoms with Crippen LogP contribution in [0.2, 0.25) is 0 Å². The number of nitrogens with one attached hydrogen (secondary N) is 6. The summed E-state index contributed by atoms with van der Waals surface area (Å²) in [5.74, 6) is -6.33. The van der Waals surface area contributed by atoms with Crippen LogP contribution in [0.5, 0.6) is 11.5 Å². The highest BCUT2D eigenvalue weighted by atomic mass is 16.5.